The summed E-state index contributed by atoms with van der Waals surface area (Å²) < 4.78 is 0. The van der Waals surface area contributed by atoms with Crippen molar-refractivity contribution in [3.8, 4) is 33.4 Å². The molecule has 0 saturated carbocycles. The number of para-hydroxylation sites is 1. The largest absolute Gasteiger partial charge is 0.366 e. The van der Waals surface area contributed by atoms with Crippen LogP contribution in [0.15, 0.2) is 316 Å². The summed E-state index contributed by atoms with van der Waals surface area (Å²) >= 11 is 0. The number of aryl methyl sites for hydroxylation is 1. The summed E-state index contributed by atoms with van der Waals surface area (Å²) in [5.41, 5.74) is 30.4. The van der Waals surface area contributed by atoms with Gasteiger partial charge in [-0.25, -0.2) is 0 Å². The van der Waals surface area contributed by atoms with Crippen LogP contribution < -0.4 is 22.1 Å². The molecule has 14 rings (SSSR count). The highest BCUT2D eigenvalue weighted by Crippen LogP contribution is 2.41. The topological polar surface area (TPSA) is 76.1 Å². The van der Waals surface area contributed by atoms with Gasteiger partial charge in [0.1, 0.15) is 6.17 Å². The number of benzene rings is 12. The zero-order chi connectivity index (χ0) is 64.1. The Balaban J connectivity index is 0.000000180. The van der Waals surface area contributed by atoms with Crippen LogP contribution in [0.25, 0.3) is 76.5 Å². The van der Waals surface area contributed by atoms with E-state index in [9.17, 15) is 0 Å². The highest BCUT2D eigenvalue weighted by Gasteiger charge is 2.28. The summed E-state index contributed by atoms with van der Waals surface area (Å²) in [6.07, 6.45) is 15.7. The normalized spacial score (nSPS) is 14.8. The van der Waals surface area contributed by atoms with Crippen LogP contribution in [0.1, 0.15) is 105 Å². The zero-order valence-electron chi connectivity index (χ0n) is 54.1. The first-order valence-electron chi connectivity index (χ1n) is 32.3. The van der Waals surface area contributed by atoms with Gasteiger partial charge in [0.15, 0.2) is 0 Å². The Morgan fingerprint density at radius 1 is 0.484 bits per heavy atom. The zero-order valence-corrected chi connectivity index (χ0v) is 54.1. The molecule has 12 aromatic rings. The number of allylic oxidation sites excluding steroid dienone is 8. The minimum atomic E-state index is -0.504. The minimum Gasteiger partial charge on any atom is -0.366 e. The molecule has 1 aliphatic heterocycles. The van der Waals surface area contributed by atoms with Crippen molar-refractivity contribution in [3.63, 3.8) is 0 Å². The molecule has 1 heterocycles. The molecule has 91 heavy (non-hydrogen) atoms. The van der Waals surface area contributed by atoms with Crippen LogP contribution in [0.5, 0.6) is 0 Å². The van der Waals surface area contributed by atoms with Crippen LogP contribution >= 0.6 is 0 Å². The van der Waals surface area contributed by atoms with Crippen molar-refractivity contribution in [3.05, 3.63) is 355 Å². The average Bonchev–Trinajstić information content (AvgIpc) is 1.17. The predicted octanol–water partition coefficient (Wildman–Crippen LogP) is 23.1. The van der Waals surface area contributed by atoms with Gasteiger partial charge < -0.3 is 16.8 Å². The van der Waals surface area contributed by atoms with Crippen molar-refractivity contribution < 1.29 is 0 Å². The second-order valence-electron chi connectivity index (χ2n) is 22.5. The molecular weight excluding hydrogens is 1100 g/mol. The molecule has 6 N–H and O–H groups in total. The standard InChI is InChI=1S/C41H34N4.C28H22.C10H14.C4H6.2C2H6/c42-40(43)31-15-7-11-26(22-31)27-12-8-16-32(23-27)41-44-38-21-6-5-20-36(38)39(45-41)30-14-9-13-28(24-30)37-25-29-10-1-2-17-33(29)34-18-3-4-19-35(34)37;1-20-9-2-3-11-22(20)17-21-10-8-13-23(18-21)28-19-24-12-4-5-14-25(24)26-15-6-7-16-27(26)28;1-3-6-10-8-5-4-7-9(10)2;1-3-4-2;2*1-2/h1-25,39-41,44-45H,42-43H2;2-16,18-19H,17H2,1H3;4-9H,3H2,1-2H3;3-4H,1-2H2;2*1-2H3/b;;10-6-;;;. The average molecular weight is 1190 g/mol. The van der Waals surface area contributed by atoms with Crippen LogP contribution in [0.2, 0.25) is 0 Å². The Morgan fingerprint density at radius 3 is 1.59 bits per heavy atom. The van der Waals surface area contributed by atoms with Gasteiger partial charge in [0, 0.05) is 5.69 Å². The lowest BCUT2D eigenvalue weighted by Gasteiger charge is -2.35. The SMILES string of the molecule is C=CC=C.CC.CC.CC/C=C1/C=CC=CC1C.Cc1ccccc1Cc1cccc(-c2cc3ccccc3c3ccccc23)c1.NC(N)c1cccc(-c2cccc(C3Nc4ccccc4C(c4cccc(-c5cc6ccccc6c6ccccc56)c4)N3)c2)c1. The molecule has 3 unspecified atom stereocenters. The fourth-order valence-electron chi connectivity index (χ4n) is 12.1. The molecule has 0 amide bonds. The molecule has 0 radical (unpaired) electrons. The number of hydrogen-bond donors (Lipinski definition) is 4. The number of rotatable bonds is 10. The van der Waals surface area contributed by atoms with Gasteiger partial charge >= 0.3 is 0 Å². The first-order chi connectivity index (χ1) is 44.7. The molecule has 456 valence electrons. The van der Waals surface area contributed by atoms with Crippen molar-refractivity contribution >= 4 is 48.8 Å². The van der Waals surface area contributed by atoms with Gasteiger partial charge in [-0.15, -0.1) is 0 Å². The molecule has 0 bridgehead atoms. The Kier molecular flexibility index (Phi) is 23.4. The molecule has 0 fully saturated rings. The van der Waals surface area contributed by atoms with E-state index in [-0.39, 0.29) is 12.2 Å². The summed E-state index contributed by atoms with van der Waals surface area (Å²) in [7, 11) is 0. The monoisotopic (exact) mass is 1190 g/mol. The van der Waals surface area contributed by atoms with Gasteiger partial charge in [-0.3, -0.25) is 5.32 Å². The maximum Gasteiger partial charge on any atom is 0.104 e. The summed E-state index contributed by atoms with van der Waals surface area (Å²) in [5.74, 6) is 0.616. The van der Waals surface area contributed by atoms with E-state index in [1.165, 1.54) is 98.7 Å². The van der Waals surface area contributed by atoms with Crippen molar-refractivity contribution in [1.82, 2.24) is 5.32 Å². The molecule has 4 heteroatoms. The molecule has 0 aromatic heterocycles. The number of nitrogens with one attached hydrogen (secondary N) is 2. The van der Waals surface area contributed by atoms with E-state index in [1.807, 2.05) is 39.8 Å². The second kappa shape index (κ2) is 32.5. The third-order valence-electron chi connectivity index (χ3n) is 16.6. The molecule has 4 nitrogen and oxygen atoms in total. The van der Waals surface area contributed by atoms with Crippen LogP contribution in [0, 0.1) is 12.8 Å². The number of anilines is 1. The maximum atomic E-state index is 5.98. The molecule has 3 atom stereocenters. The van der Waals surface area contributed by atoms with Crippen LogP contribution in [-0.4, -0.2) is 0 Å². The Morgan fingerprint density at radius 2 is 0.989 bits per heavy atom. The minimum absolute atomic E-state index is 0.00124. The Labute approximate surface area is 541 Å². The maximum absolute atomic E-state index is 5.98. The van der Waals surface area contributed by atoms with Crippen LogP contribution in [0.4, 0.5) is 5.69 Å². The highest BCUT2D eigenvalue weighted by atomic mass is 15.2. The lowest BCUT2D eigenvalue weighted by atomic mass is 9.89. The molecule has 1 aliphatic carbocycles. The number of nitrogens with two attached hydrogens (primary N) is 2. The number of fused-ring (bicyclic) bond motifs is 7. The van der Waals surface area contributed by atoms with E-state index in [4.69, 9.17) is 11.5 Å². The van der Waals surface area contributed by atoms with Crippen molar-refractivity contribution in [2.24, 2.45) is 17.4 Å². The fraction of sp³-hybridized carbons (Fsp3) is 0.149. The Hall–Kier alpha value is -9.94. The third kappa shape index (κ3) is 15.9. The van der Waals surface area contributed by atoms with Gasteiger partial charge in [-0.2, -0.15) is 0 Å². The molecule has 2 aliphatic rings. The van der Waals surface area contributed by atoms with E-state index in [1.54, 1.807) is 12.2 Å². The predicted molar refractivity (Wildman–Crippen MR) is 397 cm³/mol. The number of hydrogen-bond acceptors (Lipinski definition) is 4. The first kappa shape index (κ1) is 65.5. The van der Waals surface area contributed by atoms with Crippen molar-refractivity contribution in [1.29, 1.82) is 0 Å². The summed E-state index contributed by atoms with van der Waals surface area (Å²) in [5, 5.41) is 18.0. The lowest BCUT2D eigenvalue weighted by molar-refractivity contribution is 0.506. The fourth-order valence-corrected chi connectivity index (χ4v) is 12.1. The second-order valence-corrected chi connectivity index (χ2v) is 22.5. The van der Waals surface area contributed by atoms with E-state index >= 15 is 0 Å². The smallest absolute Gasteiger partial charge is 0.104 e. The van der Waals surface area contributed by atoms with Gasteiger partial charge in [0.05, 0.1) is 12.2 Å². The Bertz CT molecular complexity index is 4490. The van der Waals surface area contributed by atoms with Crippen LogP contribution in [0.3, 0.4) is 0 Å². The molecule has 0 saturated heterocycles. The van der Waals surface area contributed by atoms with E-state index in [0.717, 1.165) is 40.8 Å². The molecule has 12 aromatic carbocycles. The van der Waals surface area contributed by atoms with Crippen LogP contribution in [-0.2, 0) is 6.42 Å². The van der Waals surface area contributed by atoms with E-state index in [0.29, 0.717) is 5.92 Å². The van der Waals surface area contributed by atoms with Gasteiger partial charge in [-0.1, -0.05) is 316 Å². The highest BCUT2D eigenvalue weighted by molar-refractivity contribution is 6.15. The summed E-state index contributed by atoms with van der Waals surface area (Å²) in [6, 6.07) is 91.6. The lowest BCUT2D eigenvalue weighted by Crippen LogP contribution is -2.37. The quantitative estimate of drug-likeness (QED) is 0.0625. The van der Waals surface area contributed by atoms with Gasteiger partial charge in [-0.05, 0) is 183 Å². The van der Waals surface area contributed by atoms with Crippen molar-refractivity contribution in [2.75, 3.05) is 5.32 Å². The van der Waals surface area contributed by atoms with E-state index < -0.39 is 6.17 Å². The van der Waals surface area contributed by atoms with Gasteiger partial charge in [0.25, 0.3) is 0 Å². The molecular formula is C87H88N4. The summed E-state index contributed by atoms with van der Waals surface area (Å²) in [4.78, 5) is 0. The summed E-state index contributed by atoms with van der Waals surface area (Å²) in [6.45, 7) is 21.3. The van der Waals surface area contributed by atoms with E-state index in [2.05, 4.69) is 318 Å². The third-order valence-corrected chi connectivity index (χ3v) is 16.6. The first-order valence-corrected chi connectivity index (χ1v) is 32.3. The van der Waals surface area contributed by atoms with Gasteiger partial charge in [0.2, 0.25) is 0 Å². The molecule has 0 spiro atoms. The van der Waals surface area contributed by atoms with Crippen molar-refractivity contribution in [2.45, 2.75) is 79.7 Å².